The first-order chi connectivity index (χ1) is 14.1. The van der Waals surface area contributed by atoms with Crippen molar-refractivity contribution in [3.05, 3.63) is 64.7 Å². The molecule has 1 aromatic carbocycles. The summed E-state index contributed by atoms with van der Waals surface area (Å²) in [6, 6.07) is 8.34. The van der Waals surface area contributed by atoms with E-state index in [1.54, 1.807) is 42.9 Å². The molecule has 1 N–H and O–H groups in total. The van der Waals surface area contributed by atoms with Gasteiger partial charge < -0.3 is 5.32 Å². The number of benzene rings is 1. The van der Waals surface area contributed by atoms with Gasteiger partial charge in [-0.2, -0.15) is 23.4 Å². The molecule has 0 saturated heterocycles. The summed E-state index contributed by atoms with van der Waals surface area (Å²) in [6.45, 7) is 1.74. The van der Waals surface area contributed by atoms with E-state index in [1.807, 2.05) is 0 Å². The Morgan fingerprint density at radius 3 is 2.47 bits per heavy atom. The molecule has 0 saturated carbocycles. The van der Waals surface area contributed by atoms with Gasteiger partial charge in [0.05, 0.1) is 23.3 Å². The molecule has 0 aliphatic carbocycles. The molecular weight excluding hydrogens is 421 g/mol. The lowest BCUT2D eigenvalue weighted by Crippen LogP contribution is -2.16. The van der Waals surface area contributed by atoms with E-state index >= 15 is 0 Å². The van der Waals surface area contributed by atoms with Gasteiger partial charge in [-0.15, -0.1) is 0 Å². The van der Waals surface area contributed by atoms with Crippen LogP contribution in [0.1, 0.15) is 21.9 Å². The Bertz CT molecular complexity index is 1260. The predicted octanol–water partition coefficient (Wildman–Crippen LogP) is 4.36. The smallest absolute Gasteiger partial charge is 0.318 e. The van der Waals surface area contributed by atoms with Crippen LogP contribution in [0.15, 0.2) is 42.6 Å². The molecule has 0 aliphatic rings. The highest BCUT2D eigenvalue weighted by Crippen LogP contribution is 2.32. The number of alkyl halides is 3. The summed E-state index contributed by atoms with van der Waals surface area (Å²) in [5, 5.41) is 10.9. The van der Waals surface area contributed by atoms with Gasteiger partial charge in [0.2, 0.25) is 0 Å². The lowest BCUT2D eigenvalue weighted by atomic mass is 10.1. The first-order valence-electron chi connectivity index (χ1n) is 8.67. The Labute approximate surface area is 173 Å². The van der Waals surface area contributed by atoms with Crippen LogP contribution in [0, 0.1) is 6.92 Å². The summed E-state index contributed by atoms with van der Waals surface area (Å²) in [5.74, 6) is -0.669. The zero-order valence-electron chi connectivity index (χ0n) is 15.7. The van der Waals surface area contributed by atoms with Gasteiger partial charge in [-0.25, -0.2) is 9.50 Å². The number of carbonyl (C=O) groups is 1. The highest BCUT2D eigenvalue weighted by atomic mass is 35.5. The minimum atomic E-state index is -4.71. The number of nitrogens with zero attached hydrogens (tertiary/aromatic N) is 5. The Morgan fingerprint density at radius 2 is 1.87 bits per heavy atom. The van der Waals surface area contributed by atoms with Crippen LogP contribution < -0.4 is 5.32 Å². The minimum absolute atomic E-state index is 0.0847. The van der Waals surface area contributed by atoms with Crippen molar-refractivity contribution in [1.29, 1.82) is 0 Å². The number of aryl methyl sites for hydroxylation is 1. The number of halogens is 4. The number of fused-ring (bicyclic) bond motifs is 1. The summed E-state index contributed by atoms with van der Waals surface area (Å²) in [5.41, 5.74) is 0.296. The van der Waals surface area contributed by atoms with E-state index in [9.17, 15) is 18.0 Å². The van der Waals surface area contributed by atoms with Crippen LogP contribution >= 0.6 is 11.6 Å². The fourth-order valence-corrected chi connectivity index (χ4v) is 2.99. The maximum absolute atomic E-state index is 13.7. The number of hydrogen-bond acceptors (Lipinski definition) is 4. The van der Waals surface area contributed by atoms with Gasteiger partial charge in [0.15, 0.2) is 17.0 Å². The number of rotatable bonds is 3. The van der Waals surface area contributed by atoms with Crippen LogP contribution in [0.25, 0.3) is 16.9 Å². The van der Waals surface area contributed by atoms with E-state index in [0.29, 0.717) is 26.5 Å². The van der Waals surface area contributed by atoms with Crippen LogP contribution in [0.3, 0.4) is 0 Å². The SMILES string of the molecule is Cc1c(NC(=O)c2cc3nc(-c4ccc(Cl)cc4)cc(C(F)(F)F)n3n2)cnn1C. The molecule has 0 bridgehead atoms. The molecule has 30 heavy (non-hydrogen) atoms. The second-order valence-electron chi connectivity index (χ2n) is 6.55. The Morgan fingerprint density at radius 1 is 1.17 bits per heavy atom. The van der Waals surface area contributed by atoms with Crippen molar-refractivity contribution in [3.8, 4) is 11.3 Å². The first kappa shape index (κ1) is 19.9. The second-order valence-corrected chi connectivity index (χ2v) is 6.99. The molecule has 3 aromatic heterocycles. The van der Waals surface area contributed by atoms with Crippen molar-refractivity contribution >= 4 is 28.8 Å². The zero-order valence-corrected chi connectivity index (χ0v) is 16.5. The highest BCUT2D eigenvalue weighted by molar-refractivity contribution is 6.30. The van der Waals surface area contributed by atoms with Crippen molar-refractivity contribution in [2.75, 3.05) is 5.32 Å². The van der Waals surface area contributed by atoms with Gasteiger partial charge >= 0.3 is 6.18 Å². The molecule has 0 spiro atoms. The van der Waals surface area contributed by atoms with Crippen LogP contribution in [-0.2, 0) is 13.2 Å². The molecule has 4 rings (SSSR count). The third kappa shape index (κ3) is 3.61. The maximum atomic E-state index is 13.7. The van der Waals surface area contributed by atoms with Crippen molar-refractivity contribution in [2.24, 2.45) is 7.05 Å². The van der Waals surface area contributed by atoms with E-state index in [0.717, 1.165) is 6.07 Å². The van der Waals surface area contributed by atoms with Crippen LogP contribution in [0.4, 0.5) is 18.9 Å². The molecule has 0 radical (unpaired) electrons. The molecule has 0 unspecified atom stereocenters. The Kier molecular flexibility index (Phi) is 4.73. The quantitative estimate of drug-likeness (QED) is 0.519. The number of amides is 1. The fraction of sp³-hybridized carbons (Fsp3) is 0.158. The lowest BCUT2D eigenvalue weighted by Gasteiger charge is -2.11. The molecule has 0 fully saturated rings. The predicted molar refractivity (Wildman–Crippen MR) is 104 cm³/mol. The number of hydrogen-bond donors (Lipinski definition) is 1. The molecule has 7 nitrogen and oxygen atoms in total. The van der Waals surface area contributed by atoms with Crippen molar-refractivity contribution in [3.63, 3.8) is 0 Å². The zero-order chi connectivity index (χ0) is 21.6. The number of aromatic nitrogens is 5. The monoisotopic (exact) mass is 434 g/mol. The van der Waals surface area contributed by atoms with E-state index in [-0.39, 0.29) is 17.0 Å². The topological polar surface area (TPSA) is 77.1 Å². The number of anilines is 1. The molecule has 1 amide bonds. The summed E-state index contributed by atoms with van der Waals surface area (Å²) < 4.78 is 43.2. The Hall–Kier alpha value is -3.40. The second kappa shape index (κ2) is 7.13. The molecule has 3 heterocycles. The molecular formula is C19H14ClF3N6O. The van der Waals surface area contributed by atoms with Crippen molar-refractivity contribution in [2.45, 2.75) is 13.1 Å². The largest absolute Gasteiger partial charge is 0.433 e. The van der Waals surface area contributed by atoms with Crippen LogP contribution in [0.2, 0.25) is 5.02 Å². The summed E-state index contributed by atoms with van der Waals surface area (Å²) in [4.78, 5) is 16.8. The lowest BCUT2D eigenvalue weighted by molar-refractivity contribution is -0.142. The van der Waals surface area contributed by atoms with Gasteiger partial charge in [-0.05, 0) is 25.1 Å². The van der Waals surface area contributed by atoms with E-state index < -0.39 is 17.8 Å². The first-order valence-corrected chi connectivity index (χ1v) is 9.05. The summed E-state index contributed by atoms with van der Waals surface area (Å²) in [6.07, 6.45) is -3.26. The molecule has 4 aromatic rings. The van der Waals surface area contributed by atoms with Crippen LogP contribution in [0.5, 0.6) is 0 Å². The molecule has 154 valence electrons. The molecule has 11 heteroatoms. The van der Waals surface area contributed by atoms with Crippen molar-refractivity contribution in [1.82, 2.24) is 24.4 Å². The van der Waals surface area contributed by atoms with Gasteiger partial charge in [-0.3, -0.25) is 9.48 Å². The number of carbonyl (C=O) groups excluding carboxylic acids is 1. The normalized spacial score (nSPS) is 11.8. The molecule has 0 atom stereocenters. The average molecular weight is 435 g/mol. The number of nitrogens with one attached hydrogen (secondary N) is 1. The third-order valence-electron chi connectivity index (χ3n) is 4.57. The highest BCUT2D eigenvalue weighted by Gasteiger charge is 2.35. The molecule has 0 aliphatic heterocycles. The summed E-state index contributed by atoms with van der Waals surface area (Å²) in [7, 11) is 1.70. The van der Waals surface area contributed by atoms with E-state index in [4.69, 9.17) is 11.6 Å². The van der Waals surface area contributed by atoms with Crippen molar-refractivity contribution < 1.29 is 18.0 Å². The van der Waals surface area contributed by atoms with Gasteiger partial charge in [0.25, 0.3) is 5.91 Å². The standard InChI is InChI=1S/C19H14ClF3N6O/c1-10-15(9-24-28(10)2)26-18(30)14-8-17-25-13(11-3-5-12(20)6-4-11)7-16(19(21,22)23)29(17)27-14/h3-9H,1-2H3,(H,26,30). The Balaban J connectivity index is 1.79. The van der Waals surface area contributed by atoms with E-state index in [2.05, 4.69) is 20.5 Å². The van der Waals surface area contributed by atoms with Crippen LogP contribution in [-0.4, -0.2) is 30.3 Å². The third-order valence-corrected chi connectivity index (χ3v) is 4.83. The summed E-state index contributed by atoms with van der Waals surface area (Å²) >= 11 is 5.85. The van der Waals surface area contributed by atoms with Gasteiger partial charge in [0.1, 0.15) is 0 Å². The van der Waals surface area contributed by atoms with Gasteiger partial charge in [-0.1, -0.05) is 23.7 Å². The average Bonchev–Trinajstić information content (AvgIpc) is 3.25. The fourth-order valence-electron chi connectivity index (χ4n) is 2.86. The van der Waals surface area contributed by atoms with Gasteiger partial charge in [0, 0.05) is 23.7 Å². The van der Waals surface area contributed by atoms with E-state index in [1.165, 1.54) is 12.3 Å². The maximum Gasteiger partial charge on any atom is 0.433 e. The minimum Gasteiger partial charge on any atom is -0.318 e.